The molecule has 0 aliphatic carbocycles. The summed E-state index contributed by atoms with van der Waals surface area (Å²) >= 11 is 0. The highest BCUT2D eigenvalue weighted by atomic mass is 19.1. The second-order valence-corrected chi connectivity index (χ2v) is 6.31. The first kappa shape index (κ1) is 20.4. The van der Waals surface area contributed by atoms with Crippen molar-refractivity contribution in [1.29, 1.82) is 0 Å². The van der Waals surface area contributed by atoms with E-state index in [0.717, 1.165) is 11.6 Å². The highest BCUT2D eigenvalue weighted by molar-refractivity contribution is 5.91. The van der Waals surface area contributed by atoms with Gasteiger partial charge in [0.05, 0.1) is 12.7 Å². The summed E-state index contributed by atoms with van der Waals surface area (Å²) in [6, 6.07) is 9.26. The van der Waals surface area contributed by atoms with Gasteiger partial charge in [-0.05, 0) is 36.8 Å². The topological polar surface area (TPSA) is 74.3 Å². The number of halogens is 1. The third-order valence-corrected chi connectivity index (χ3v) is 4.44. The third-order valence-electron chi connectivity index (χ3n) is 4.44. The number of carbonyl (C=O) groups excluding carboxylic acids is 2. The van der Waals surface area contributed by atoms with Gasteiger partial charge < -0.3 is 23.8 Å². The Morgan fingerprint density at radius 1 is 1.10 bits per heavy atom. The van der Waals surface area contributed by atoms with E-state index in [1.165, 1.54) is 24.1 Å². The predicted molar refractivity (Wildman–Crippen MR) is 102 cm³/mol. The van der Waals surface area contributed by atoms with Crippen molar-refractivity contribution in [2.24, 2.45) is 0 Å². The maximum absolute atomic E-state index is 14.0. The fraction of sp³-hybridized carbons (Fsp3) is 0.333. The number of hydrogen-bond acceptors (Lipinski definition) is 6. The van der Waals surface area contributed by atoms with Crippen molar-refractivity contribution in [1.82, 2.24) is 4.90 Å². The Labute approximate surface area is 167 Å². The molecule has 0 aromatic heterocycles. The molecule has 0 radical (unpaired) electrons. The number of esters is 1. The molecule has 0 unspecified atom stereocenters. The van der Waals surface area contributed by atoms with E-state index in [9.17, 15) is 14.0 Å². The maximum atomic E-state index is 14.0. The molecule has 1 amide bonds. The number of likely N-dealkylation sites (N-methyl/N-ethyl adjacent to an activating group) is 1. The Balaban J connectivity index is 1.59. The highest BCUT2D eigenvalue weighted by Crippen LogP contribution is 2.31. The second-order valence-electron chi connectivity index (χ2n) is 6.31. The van der Waals surface area contributed by atoms with Crippen molar-refractivity contribution in [2.75, 3.05) is 33.5 Å². The van der Waals surface area contributed by atoms with Crippen LogP contribution in [0, 0.1) is 5.82 Å². The number of amides is 1. The summed E-state index contributed by atoms with van der Waals surface area (Å²) in [4.78, 5) is 26.1. The zero-order valence-corrected chi connectivity index (χ0v) is 16.3. The van der Waals surface area contributed by atoms with Gasteiger partial charge in [0, 0.05) is 19.2 Å². The van der Waals surface area contributed by atoms with E-state index in [4.69, 9.17) is 18.9 Å². The van der Waals surface area contributed by atoms with Crippen LogP contribution >= 0.6 is 0 Å². The van der Waals surface area contributed by atoms with Gasteiger partial charge in [-0.15, -0.1) is 0 Å². The lowest BCUT2D eigenvalue weighted by Crippen LogP contribution is -2.34. The number of nitrogens with zero attached hydrogens (tertiary/aromatic N) is 1. The number of ether oxygens (including phenoxy) is 4. The number of benzene rings is 2. The molecule has 0 saturated heterocycles. The fourth-order valence-electron chi connectivity index (χ4n) is 2.87. The lowest BCUT2D eigenvalue weighted by molar-refractivity contribution is -0.135. The van der Waals surface area contributed by atoms with E-state index in [1.807, 2.05) is 19.1 Å². The number of hydrogen-bond donors (Lipinski definition) is 0. The lowest BCUT2D eigenvalue weighted by Gasteiger charge is -2.23. The monoisotopic (exact) mass is 403 g/mol. The smallest absolute Gasteiger partial charge is 0.341 e. The number of rotatable bonds is 7. The van der Waals surface area contributed by atoms with Gasteiger partial charge in [0.2, 0.25) is 0 Å². The number of methoxy groups -OCH3 is 1. The quantitative estimate of drug-likeness (QED) is 0.662. The van der Waals surface area contributed by atoms with Gasteiger partial charge in [-0.1, -0.05) is 6.07 Å². The molecule has 0 atom stereocenters. The van der Waals surface area contributed by atoms with Crippen LogP contribution in [0.4, 0.5) is 4.39 Å². The minimum Gasteiger partial charge on any atom is -0.497 e. The molecule has 0 saturated carbocycles. The predicted octanol–water partition coefficient (Wildman–Crippen LogP) is 2.81. The zero-order chi connectivity index (χ0) is 20.8. The molecule has 154 valence electrons. The summed E-state index contributed by atoms with van der Waals surface area (Å²) in [5.74, 6) is -0.473. The fourth-order valence-corrected chi connectivity index (χ4v) is 2.87. The van der Waals surface area contributed by atoms with Crippen molar-refractivity contribution in [3.8, 4) is 17.2 Å². The van der Waals surface area contributed by atoms with Gasteiger partial charge in [0.25, 0.3) is 5.91 Å². The minimum atomic E-state index is -0.908. The Morgan fingerprint density at radius 2 is 1.86 bits per heavy atom. The molecule has 0 fully saturated rings. The third kappa shape index (κ3) is 4.96. The van der Waals surface area contributed by atoms with Crippen LogP contribution in [0.15, 0.2) is 36.4 Å². The van der Waals surface area contributed by atoms with Crippen molar-refractivity contribution in [2.45, 2.75) is 13.5 Å². The summed E-state index contributed by atoms with van der Waals surface area (Å²) in [6.45, 7) is 3.06. The first-order valence-corrected chi connectivity index (χ1v) is 9.18. The normalized spacial score (nSPS) is 12.2. The van der Waals surface area contributed by atoms with E-state index in [1.54, 1.807) is 6.07 Å². The van der Waals surface area contributed by atoms with Crippen LogP contribution < -0.4 is 14.2 Å². The summed E-state index contributed by atoms with van der Waals surface area (Å²) in [7, 11) is 1.40. The van der Waals surface area contributed by atoms with Gasteiger partial charge in [-0.3, -0.25) is 4.79 Å². The molecule has 2 aromatic carbocycles. The largest absolute Gasteiger partial charge is 0.497 e. The van der Waals surface area contributed by atoms with E-state index >= 15 is 0 Å². The van der Waals surface area contributed by atoms with Crippen LogP contribution in [-0.4, -0.2) is 50.3 Å². The maximum Gasteiger partial charge on any atom is 0.341 e. The van der Waals surface area contributed by atoms with Crippen molar-refractivity contribution in [3.05, 3.63) is 53.3 Å². The molecule has 0 spiro atoms. The van der Waals surface area contributed by atoms with Gasteiger partial charge >= 0.3 is 5.97 Å². The molecule has 1 aliphatic rings. The molecule has 7 nitrogen and oxygen atoms in total. The molecule has 0 N–H and O–H groups in total. The van der Waals surface area contributed by atoms with Gasteiger partial charge in [-0.25, -0.2) is 9.18 Å². The SMILES string of the molecule is CCN(Cc1ccc2c(c1)OCCO2)C(=O)COC(=O)c1ccc(OC)cc1F. The molecule has 1 aliphatic heterocycles. The Morgan fingerprint density at radius 3 is 2.55 bits per heavy atom. The number of carbonyl (C=O) groups is 2. The van der Waals surface area contributed by atoms with Gasteiger partial charge in [0.15, 0.2) is 18.1 Å². The first-order valence-electron chi connectivity index (χ1n) is 9.18. The molecule has 0 bridgehead atoms. The molecular formula is C21H22FNO6. The highest BCUT2D eigenvalue weighted by Gasteiger charge is 2.19. The lowest BCUT2D eigenvalue weighted by atomic mass is 10.1. The van der Waals surface area contributed by atoms with Crippen molar-refractivity contribution in [3.63, 3.8) is 0 Å². The van der Waals surface area contributed by atoms with Crippen LogP contribution in [0.25, 0.3) is 0 Å². The first-order chi connectivity index (χ1) is 14.0. The van der Waals surface area contributed by atoms with Crippen LogP contribution in [0.3, 0.4) is 0 Å². The standard InChI is InChI=1S/C21H22FNO6/c1-3-23(12-14-4-7-18-19(10-14)28-9-8-27-18)20(24)13-29-21(25)16-6-5-15(26-2)11-17(16)22/h4-7,10-11H,3,8-9,12-13H2,1-2H3. The minimum absolute atomic E-state index is 0.256. The molecule has 8 heteroatoms. The summed E-state index contributed by atoms with van der Waals surface area (Å²) in [5, 5.41) is 0. The van der Waals surface area contributed by atoms with E-state index in [0.29, 0.717) is 37.8 Å². The van der Waals surface area contributed by atoms with Crippen molar-refractivity contribution < 1.29 is 32.9 Å². The van der Waals surface area contributed by atoms with Crippen molar-refractivity contribution >= 4 is 11.9 Å². The summed E-state index contributed by atoms with van der Waals surface area (Å²) in [5.41, 5.74) is 0.602. The number of fused-ring (bicyclic) bond motifs is 1. The zero-order valence-electron chi connectivity index (χ0n) is 16.3. The molecule has 1 heterocycles. The van der Waals surface area contributed by atoms with E-state index < -0.39 is 18.4 Å². The summed E-state index contributed by atoms with van der Waals surface area (Å²) in [6.07, 6.45) is 0. The van der Waals surface area contributed by atoms with Crippen LogP contribution in [0.2, 0.25) is 0 Å². The molecule has 3 rings (SSSR count). The average Bonchev–Trinajstić information content (AvgIpc) is 2.75. The van der Waals surface area contributed by atoms with Gasteiger partial charge in [0.1, 0.15) is 24.8 Å². The van der Waals surface area contributed by atoms with Crippen LogP contribution in [-0.2, 0) is 16.1 Å². The average molecular weight is 403 g/mol. The Hall–Kier alpha value is -3.29. The van der Waals surface area contributed by atoms with Crippen LogP contribution in [0.1, 0.15) is 22.8 Å². The molecule has 2 aromatic rings. The Kier molecular flexibility index (Phi) is 6.54. The van der Waals surface area contributed by atoms with Crippen LogP contribution in [0.5, 0.6) is 17.2 Å². The second kappa shape index (κ2) is 9.27. The van der Waals surface area contributed by atoms with E-state index in [-0.39, 0.29) is 17.2 Å². The Bertz CT molecular complexity index is 901. The van der Waals surface area contributed by atoms with Gasteiger partial charge in [-0.2, -0.15) is 0 Å². The van der Waals surface area contributed by atoms with E-state index in [2.05, 4.69) is 0 Å². The molecular weight excluding hydrogens is 381 g/mol. The molecule has 29 heavy (non-hydrogen) atoms. The summed E-state index contributed by atoms with van der Waals surface area (Å²) < 4.78 is 34.9.